The summed E-state index contributed by atoms with van der Waals surface area (Å²) >= 11 is 0. The molecule has 0 bridgehead atoms. The lowest BCUT2D eigenvalue weighted by Gasteiger charge is -2.14. The molecule has 1 radical (unpaired) electrons. The van der Waals surface area contributed by atoms with Crippen molar-refractivity contribution in [1.29, 1.82) is 0 Å². The van der Waals surface area contributed by atoms with Crippen LogP contribution in [0, 0.1) is 0 Å². The van der Waals surface area contributed by atoms with Gasteiger partial charge in [0.1, 0.15) is 13.6 Å². The fraction of sp³-hybridized carbons (Fsp3) is 1.00. The van der Waals surface area contributed by atoms with E-state index in [9.17, 15) is 4.57 Å². The predicted molar refractivity (Wildman–Crippen MR) is 80.8 cm³/mol. The number of hydrogen-bond donors (Lipinski definition) is 0. The van der Waals surface area contributed by atoms with Gasteiger partial charge in [0, 0.05) is 13.3 Å². The third kappa shape index (κ3) is 10.0. The molecule has 109 valence electrons. The highest BCUT2D eigenvalue weighted by Crippen LogP contribution is 2.33. The summed E-state index contributed by atoms with van der Waals surface area (Å²) in [6, 6.07) is 0. The first-order valence-electron chi connectivity index (χ1n) is 7.72. The van der Waals surface area contributed by atoms with E-state index in [0.29, 0.717) is 0 Å². The highest BCUT2D eigenvalue weighted by atomic mass is 31.1. The normalized spacial score (nSPS) is 13.6. The van der Waals surface area contributed by atoms with Crippen LogP contribution in [0.15, 0.2) is 0 Å². The molecule has 0 aliphatic carbocycles. The molecule has 0 amide bonds. The van der Waals surface area contributed by atoms with Crippen molar-refractivity contribution in [3.8, 4) is 0 Å². The van der Waals surface area contributed by atoms with Crippen molar-refractivity contribution in [2.24, 2.45) is 0 Å². The van der Waals surface area contributed by atoms with E-state index in [0.717, 1.165) is 25.4 Å². The lowest BCUT2D eigenvalue weighted by Crippen LogP contribution is -2.06. The van der Waals surface area contributed by atoms with E-state index in [4.69, 9.17) is 4.74 Å². The maximum absolute atomic E-state index is 12.1. The molecule has 0 aromatic rings. The Morgan fingerprint density at radius 3 is 2.00 bits per heavy atom. The molecule has 0 rings (SSSR count). The maximum atomic E-state index is 12.1. The Hall–Kier alpha value is 0.0600. The highest BCUT2D eigenvalue weighted by Gasteiger charge is 2.15. The second-order valence-electron chi connectivity index (χ2n) is 5.09. The van der Waals surface area contributed by atoms with E-state index in [1.54, 1.807) is 7.11 Å². The van der Waals surface area contributed by atoms with Crippen molar-refractivity contribution >= 4 is 7.80 Å². The van der Waals surface area contributed by atoms with Crippen LogP contribution in [0.2, 0.25) is 0 Å². The van der Waals surface area contributed by atoms with Crippen LogP contribution in [0.5, 0.6) is 0 Å². The van der Waals surface area contributed by atoms with Crippen molar-refractivity contribution in [1.82, 2.24) is 0 Å². The third-order valence-electron chi connectivity index (χ3n) is 3.38. The minimum Gasteiger partial charge on any atom is -0.370 e. The van der Waals surface area contributed by atoms with E-state index >= 15 is 0 Å². The average molecular weight is 275 g/mol. The molecule has 0 aliphatic rings. The largest absolute Gasteiger partial charge is 0.370 e. The SMILES string of the molecule is CCCCCCCC(OC)[P](=O)CCCCCC. The highest BCUT2D eigenvalue weighted by molar-refractivity contribution is 7.45. The van der Waals surface area contributed by atoms with Gasteiger partial charge >= 0.3 is 0 Å². The summed E-state index contributed by atoms with van der Waals surface area (Å²) in [6.07, 6.45) is 13.0. The van der Waals surface area contributed by atoms with E-state index < -0.39 is 7.80 Å². The van der Waals surface area contributed by atoms with Crippen LogP contribution in [0.4, 0.5) is 0 Å². The topological polar surface area (TPSA) is 26.3 Å². The molecule has 0 heterocycles. The molecule has 0 saturated heterocycles. The van der Waals surface area contributed by atoms with Crippen molar-refractivity contribution < 1.29 is 9.30 Å². The van der Waals surface area contributed by atoms with Gasteiger partial charge in [0.2, 0.25) is 0 Å². The monoisotopic (exact) mass is 275 g/mol. The van der Waals surface area contributed by atoms with Gasteiger partial charge in [0.05, 0.1) is 0 Å². The van der Waals surface area contributed by atoms with Crippen LogP contribution in [0.25, 0.3) is 0 Å². The number of rotatable bonds is 13. The predicted octanol–water partition coefficient (Wildman–Crippen LogP) is 5.73. The molecular weight excluding hydrogens is 243 g/mol. The Morgan fingerprint density at radius 1 is 0.889 bits per heavy atom. The molecule has 0 N–H and O–H groups in total. The molecule has 0 aromatic carbocycles. The van der Waals surface area contributed by atoms with Gasteiger partial charge in [-0.15, -0.1) is 0 Å². The first kappa shape index (κ1) is 18.1. The van der Waals surface area contributed by atoms with Gasteiger partial charge in [0.15, 0.2) is 0 Å². The fourth-order valence-electron chi connectivity index (χ4n) is 2.14. The molecule has 0 saturated carbocycles. The van der Waals surface area contributed by atoms with E-state index in [1.165, 1.54) is 44.9 Å². The van der Waals surface area contributed by atoms with Crippen LogP contribution in [-0.2, 0) is 9.30 Å². The van der Waals surface area contributed by atoms with Gasteiger partial charge in [-0.1, -0.05) is 65.2 Å². The number of methoxy groups -OCH3 is 1. The number of hydrogen-bond acceptors (Lipinski definition) is 2. The smallest absolute Gasteiger partial charge is 0.126 e. The van der Waals surface area contributed by atoms with Crippen LogP contribution in [0.1, 0.15) is 78.1 Å². The third-order valence-corrected chi connectivity index (χ3v) is 5.25. The average Bonchev–Trinajstić information content (AvgIpc) is 2.39. The van der Waals surface area contributed by atoms with Gasteiger partial charge in [-0.05, 0) is 12.8 Å². The van der Waals surface area contributed by atoms with Gasteiger partial charge < -0.3 is 4.74 Å². The lowest BCUT2D eigenvalue weighted by atomic mass is 10.1. The molecule has 0 aromatic heterocycles. The summed E-state index contributed by atoms with van der Waals surface area (Å²) in [6.45, 7) is 4.43. The molecule has 3 heteroatoms. The first-order valence-corrected chi connectivity index (χ1v) is 9.24. The van der Waals surface area contributed by atoms with Gasteiger partial charge in [-0.2, -0.15) is 0 Å². The molecule has 2 nitrogen and oxygen atoms in total. The number of unbranched alkanes of at least 4 members (excludes halogenated alkanes) is 7. The molecule has 2 atom stereocenters. The van der Waals surface area contributed by atoms with Crippen LogP contribution in [0.3, 0.4) is 0 Å². The van der Waals surface area contributed by atoms with Gasteiger partial charge in [-0.3, -0.25) is 4.57 Å². The lowest BCUT2D eigenvalue weighted by molar-refractivity contribution is 0.155. The summed E-state index contributed by atoms with van der Waals surface area (Å²) in [4.78, 5) is 0. The Balaban J connectivity index is 3.62. The van der Waals surface area contributed by atoms with Crippen molar-refractivity contribution in [2.75, 3.05) is 13.3 Å². The Kier molecular flexibility index (Phi) is 13.5. The van der Waals surface area contributed by atoms with Crippen LogP contribution in [-0.4, -0.2) is 19.1 Å². The summed E-state index contributed by atoms with van der Waals surface area (Å²) in [7, 11) is 0.547. The standard InChI is InChI=1S/C15H32O2P/c1-4-6-8-10-11-13-15(17-3)18(16)14-12-9-7-5-2/h15H,4-14H2,1-3H3. The second kappa shape index (κ2) is 13.5. The molecular formula is C15H32O2P. The maximum Gasteiger partial charge on any atom is 0.126 e. The molecule has 18 heavy (non-hydrogen) atoms. The van der Waals surface area contributed by atoms with Crippen molar-refractivity contribution in [2.45, 2.75) is 83.9 Å². The molecule has 0 spiro atoms. The first-order chi connectivity index (χ1) is 8.76. The Bertz CT molecular complexity index is 195. The van der Waals surface area contributed by atoms with Crippen LogP contribution < -0.4 is 0 Å². The summed E-state index contributed by atoms with van der Waals surface area (Å²) in [5.74, 6) is 0.00301. The quantitative estimate of drug-likeness (QED) is 0.317. The minimum atomic E-state index is -1.16. The Labute approximate surface area is 115 Å². The summed E-state index contributed by atoms with van der Waals surface area (Å²) < 4.78 is 17.5. The second-order valence-corrected chi connectivity index (χ2v) is 6.95. The summed E-state index contributed by atoms with van der Waals surface area (Å²) in [5.41, 5.74) is 0. The van der Waals surface area contributed by atoms with E-state index in [2.05, 4.69) is 13.8 Å². The fourth-order valence-corrected chi connectivity index (χ4v) is 3.67. The van der Waals surface area contributed by atoms with Crippen molar-refractivity contribution in [3.05, 3.63) is 0 Å². The van der Waals surface area contributed by atoms with Crippen LogP contribution >= 0.6 is 7.80 Å². The summed E-state index contributed by atoms with van der Waals surface area (Å²) in [5, 5.41) is 0. The zero-order valence-electron chi connectivity index (χ0n) is 12.6. The van der Waals surface area contributed by atoms with E-state index in [1.807, 2.05) is 0 Å². The zero-order valence-corrected chi connectivity index (χ0v) is 13.5. The number of ether oxygens (including phenoxy) is 1. The van der Waals surface area contributed by atoms with Crippen molar-refractivity contribution in [3.63, 3.8) is 0 Å². The van der Waals surface area contributed by atoms with Gasteiger partial charge in [-0.25, -0.2) is 0 Å². The molecule has 2 unspecified atom stereocenters. The van der Waals surface area contributed by atoms with Gasteiger partial charge in [0.25, 0.3) is 0 Å². The van der Waals surface area contributed by atoms with E-state index in [-0.39, 0.29) is 5.85 Å². The molecule has 0 fully saturated rings. The molecule has 0 aliphatic heterocycles. The zero-order chi connectivity index (χ0) is 13.6. The Morgan fingerprint density at radius 2 is 1.44 bits per heavy atom. The minimum absolute atomic E-state index is 0.00301.